The maximum absolute atomic E-state index is 10.1. The number of allylic oxidation sites excluding steroid dienone is 1. The Morgan fingerprint density at radius 2 is 2.56 bits per heavy atom. The molecule has 9 heavy (non-hydrogen) atoms. The van der Waals surface area contributed by atoms with Crippen LogP contribution in [0, 0.1) is 0 Å². The first-order chi connectivity index (χ1) is 4.34. The van der Waals surface area contributed by atoms with E-state index in [4.69, 9.17) is 0 Å². The molecule has 0 atom stereocenters. The average molecular weight is 121 g/mol. The first-order valence-corrected chi connectivity index (χ1v) is 2.62. The van der Waals surface area contributed by atoms with Crippen LogP contribution in [0.5, 0.6) is 0 Å². The summed E-state index contributed by atoms with van der Waals surface area (Å²) in [6, 6.07) is 3.63. The van der Waals surface area contributed by atoms with Gasteiger partial charge in [0.15, 0.2) is 6.29 Å². The van der Waals surface area contributed by atoms with Gasteiger partial charge in [-0.25, -0.2) is 0 Å². The van der Waals surface area contributed by atoms with Crippen molar-refractivity contribution in [1.29, 1.82) is 0 Å². The Labute approximate surface area is 53.2 Å². The minimum absolute atomic E-state index is 0.486. The predicted molar refractivity (Wildman–Crippen MR) is 35.9 cm³/mol. The first kappa shape index (κ1) is 5.82. The van der Waals surface area contributed by atoms with Gasteiger partial charge in [0.1, 0.15) is 0 Å². The molecule has 0 aliphatic heterocycles. The molecular weight excluding hydrogens is 114 g/mol. The highest BCUT2D eigenvalue weighted by atomic mass is 16.1. The summed E-state index contributed by atoms with van der Waals surface area (Å²) >= 11 is 0. The SMILES string of the molecule is C=C(C=O)c1ccc[nH]1. The van der Waals surface area contributed by atoms with Gasteiger partial charge in [-0.1, -0.05) is 6.58 Å². The minimum atomic E-state index is 0.486. The Morgan fingerprint density at radius 1 is 1.78 bits per heavy atom. The number of carbonyl (C=O) groups is 1. The van der Waals surface area contributed by atoms with Gasteiger partial charge in [-0.05, 0) is 12.1 Å². The van der Waals surface area contributed by atoms with Crippen molar-refractivity contribution in [2.75, 3.05) is 0 Å². The molecule has 0 spiro atoms. The van der Waals surface area contributed by atoms with Crippen molar-refractivity contribution in [2.45, 2.75) is 0 Å². The summed E-state index contributed by atoms with van der Waals surface area (Å²) in [5.74, 6) is 0. The Morgan fingerprint density at radius 3 is 3.00 bits per heavy atom. The van der Waals surface area contributed by atoms with Crippen LogP contribution in [-0.2, 0) is 4.79 Å². The molecule has 2 nitrogen and oxygen atoms in total. The van der Waals surface area contributed by atoms with Gasteiger partial charge in [-0.15, -0.1) is 0 Å². The summed E-state index contributed by atoms with van der Waals surface area (Å²) in [6.07, 6.45) is 2.48. The summed E-state index contributed by atoms with van der Waals surface area (Å²) in [4.78, 5) is 12.9. The van der Waals surface area contributed by atoms with E-state index in [9.17, 15) is 4.79 Å². The van der Waals surface area contributed by atoms with E-state index < -0.39 is 0 Å². The second-order valence-corrected chi connectivity index (χ2v) is 1.73. The van der Waals surface area contributed by atoms with E-state index in [1.807, 2.05) is 6.07 Å². The number of aromatic nitrogens is 1. The number of rotatable bonds is 2. The molecule has 2 heteroatoms. The lowest BCUT2D eigenvalue weighted by Crippen LogP contribution is -1.80. The van der Waals surface area contributed by atoms with Crippen LogP contribution in [0.3, 0.4) is 0 Å². The predicted octanol–water partition coefficient (Wildman–Crippen LogP) is 1.23. The normalized spacial score (nSPS) is 8.89. The van der Waals surface area contributed by atoms with E-state index in [1.165, 1.54) is 0 Å². The molecule has 0 unspecified atom stereocenters. The van der Waals surface area contributed by atoms with Crippen LogP contribution in [0.15, 0.2) is 24.9 Å². The van der Waals surface area contributed by atoms with E-state index >= 15 is 0 Å². The van der Waals surface area contributed by atoms with Crippen LogP contribution in [0.2, 0.25) is 0 Å². The first-order valence-electron chi connectivity index (χ1n) is 2.62. The molecule has 1 aromatic heterocycles. The maximum Gasteiger partial charge on any atom is 0.151 e. The van der Waals surface area contributed by atoms with Gasteiger partial charge >= 0.3 is 0 Å². The zero-order chi connectivity index (χ0) is 6.69. The standard InChI is InChI=1S/C7H7NO/c1-6(5-9)7-3-2-4-8-7/h2-5,8H,1H2. The van der Waals surface area contributed by atoms with Gasteiger partial charge in [-0.2, -0.15) is 0 Å². The molecular formula is C7H7NO. The third-order valence-electron chi connectivity index (χ3n) is 1.09. The molecule has 46 valence electrons. The Kier molecular flexibility index (Phi) is 1.49. The van der Waals surface area contributed by atoms with Gasteiger partial charge in [0.25, 0.3) is 0 Å². The third kappa shape index (κ3) is 1.08. The fraction of sp³-hybridized carbons (Fsp3) is 0. The lowest BCUT2D eigenvalue weighted by Gasteiger charge is -1.87. The van der Waals surface area contributed by atoms with Crippen molar-refractivity contribution < 1.29 is 4.79 Å². The number of aromatic amines is 1. The van der Waals surface area contributed by atoms with E-state index in [0.717, 1.165) is 12.0 Å². The summed E-state index contributed by atoms with van der Waals surface area (Å²) in [5.41, 5.74) is 1.27. The van der Waals surface area contributed by atoms with Crippen molar-refractivity contribution in [3.8, 4) is 0 Å². The molecule has 0 bridgehead atoms. The topological polar surface area (TPSA) is 32.9 Å². The molecule has 1 heterocycles. The summed E-state index contributed by atoms with van der Waals surface area (Å²) in [5, 5.41) is 0. The molecule has 1 N–H and O–H groups in total. The lowest BCUT2D eigenvalue weighted by molar-refractivity contribution is -0.103. The Balaban J connectivity index is 2.89. The molecule has 0 amide bonds. The van der Waals surface area contributed by atoms with E-state index in [1.54, 1.807) is 12.3 Å². The molecule has 0 aliphatic carbocycles. The Hall–Kier alpha value is -1.31. The van der Waals surface area contributed by atoms with E-state index in [2.05, 4.69) is 11.6 Å². The van der Waals surface area contributed by atoms with Gasteiger partial charge in [0.2, 0.25) is 0 Å². The van der Waals surface area contributed by atoms with Crippen LogP contribution >= 0.6 is 0 Å². The second-order valence-electron chi connectivity index (χ2n) is 1.73. The number of hydrogen-bond donors (Lipinski definition) is 1. The fourth-order valence-electron chi connectivity index (χ4n) is 0.594. The van der Waals surface area contributed by atoms with Gasteiger partial charge < -0.3 is 4.98 Å². The smallest absolute Gasteiger partial charge is 0.151 e. The maximum atomic E-state index is 10.1. The number of aldehydes is 1. The molecule has 1 aromatic rings. The molecule has 0 fully saturated rings. The third-order valence-corrected chi connectivity index (χ3v) is 1.09. The lowest BCUT2D eigenvalue weighted by atomic mass is 10.2. The van der Waals surface area contributed by atoms with Crippen LogP contribution in [0.25, 0.3) is 5.57 Å². The molecule has 0 aliphatic rings. The van der Waals surface area contributed by atoms with Crippen molar-refractivity contribution in [2.24, 2.45) is 0 Å². The monoisotopic (exact) mass is 121 g/mol. The highest BCUT2D eigenvalue weighted by molar-refractivity contribution is 6.04. The number of nitrogens with one attached hydrogen (secondary N) is 1. The molecule has 0 saturated heterocycles. The van der Waals surface area contributed by atoms with Gasteiger partial charge in [-0.3, -0.25) is 4.79 Å². The second kappa shape index (κ2) is 2.31. The van der Waals surface area contributed by atoms with Crippen LogP contribution < -0.4 is 0 Å². The number of carbonyl (C=O) groups excluding carboxylic acids is 1. The highest BCUT2D eigenvalue weighted by Gasteiger charge is 1.93. The van der Waals surface area contributed by atoms with Crippen LogP contribution in [0.1, 0.15) is 5.69 Å². The van der Waals surface area contributed by atoms with Crippen molar-refractivity contribution in [3.63, 3.8) is 0 Å². The molecule has 0 radical (unpaired) electrons. The minimum Gasteiger partial charge on any atom is -0.361 e. The zero-order valence-electron chi connectivity index (χ0n) is 4.92. The number of hydrogen-bond acceptors (Lipinski definition) is 1. The van der Waals surface area contributed by atoms with Crippen molar-refractivity contribution in [1.82, 2.24) is 4.98 Å². The van der Waals surface area contributed by atoms with Crippen molar-refractivity contribution >= 4 is 11.9 Å². The highest BCUT2D eigenvalue weighted by Crippen LogP contribution is 2.04. The van der Waals surface area contributed by atoms with Crippen LogP contribution in [-0.4, -0.2) is 11.3 Å². The van der Waals surface area contributed by atoms with E-state index in [0.29, 0.717) is 5.57 Å². The summed E-state index contributed by atoms with van der Waals surface area (Å²) < 4.78 is 0. The van der Waals surface area contributed by atoms with E-state index in [-0.39, 0.29) is 0 Å². The quantitative estimate of drug-likeness (QED) is 0.463. The van der Waals surface area contributed by atoms with Crippen LogP contribution in [0.4, 0.5) is 0 Å². The zero-order valence-corrected chi connectivity index (χ0v) is 4.92. The van der Waals surface area contributed by atoms with Gasteiger partial charge in [0, 0.05) is 17.5 Å². The largest absolute Gasteiger partial charge is 0.361 e. The average Bonchev–Trinajstić information content (AvgIpc) is 2.37. The summed E-state index contributed by atoms with van der Waals surface area (Å²) in [6.45, 7) is 3.52. The van der Waals surface area contributed by atoms with Crippen molar-refractivity contribution in [3.05, 3.63) is 30.6 Å². The van der Waals surface area contributed by atoms with Gasteiger partial charge in [0.05, 0.1) is 0 Å². The molecule has 0 saturated carbocycles. The molecule has 1 rings (SSSR count). The fourth-order valence-corrected chi connectivity index (χ4v) is 0.594. The summed E-state index contributed by atoms with van der Waals surface area (Å²) in [7, 11) is 0. The number of H-pyrrole nitrogens is 1. The Bertz CT molecular complexity index is 211. The molecule has 0 aromatic carbocycles.